The molecule has 1 aliphatic rings. The zero-order valence-electron chi connectivity index (χ0n) is 16.1. The van der Waals surface area contributed by atoms with Gasteiger partial charge in [-0.1, -0.05) is 0 Å². The molecular formula is C18H29N5O3S. The number of fused-ring (bicyclic) bond motifs is 3. The first kappa shape index (κ1) is 20.0. The van der Waals surface area contributed by atoms with Gasteiger partial charge in [-0.25, -0.2) is 23.1 Å². The van der Waals surface area contributed by atoms with Crippen LogP contribution in [-0.4, -0.2) is 49.5 Å². The van der Waals surface area contributed by atoms with Crippen molar-refractivity contribution in [1.29, 1.82) is 0 Å². The van der Waals surface area contributed by atoms with Crippen molar-refractivity contribution < 1.29 is 13.2 Å². The predicted octanol–water partition coefficient (Wildman–Crippen LogP) is 1.41. The lowest BCUT2D eigenvalue weighted by Crippen LogP contribution is -2.23. The quantitative estimate of drug-likeness (QED) is 0.621. The Morgan fingerprint density at radius 2 is 2.00 bits per heavy atom. The first-order valence-corrected chi connectivity index (χ1v) is 11.4. The summed E-state index contributed by atoms with van der Waals surface area (Å²) in [6.45, 7) is 1.81. The second-order valence-electron chi connectivity index (χ2n) is 7.12. The SMILES string of the molecule is COCCc1nc2c(N)nc3c(c2n1CCCCNS(C)(=O)=O)CCCC3. The number of pyridine rings is 1. The normalized spacial score (nSPS) is 14.6. The highest BCUT2D eigenvalue weighted by atomic mass is 32.2. The van der Waals surface area contributed by atoms with Crippen molar-refractivity contribution in [2.24, 2.45) is 0 Å². The maximum absolute atomic E-state index is 11.2. The fourth-order valence-electron chi connectivity index (χ4n) is 3.73. The first-order valence-electron chi connectivity index (χ1n) is 9.50. The van der Waals surface area contributed by atoms with Gasteiger partial charge in [-0.2, -0.15) is 0 Å². The van der Waals surface area contributed by atoms with E-state index in [1.165, 1.54) is 11.8 Å². The summed E-state index contributed by atoms with van der Waals surface area (Å²) in [4.78, 5) is 9.39. The van der Waals surface area contributed by atoms with Gasteiger partial charge in [0, 0.05) is 32.3 Å². The van der Waals surface area contributed by atoms with Crippen LogP contribution < -0.4 is 10.5 Å². The van der Waals surface area contributed by atoms with Gasteiger partial charge in [0.2, 0.25) is 10.0 Å². The Labute approximate surface area is 160 Å². The molecule has 0 spiro atoms. The zero-order chi connectivity index (χ0) is 19.4. The second-order valence-corrected chi connectivity index (χ2v) is 8.96. The van der Waals surface area contributed by atoms with Gasteiger partial charge in [-0.05, 0) is 44.1 Å². The maximum Gasteiger partial charge on any atom is 0.208 e. The second kappa shape index (κ2) is 8.53. The number of sulfonamides is 1. The molecule has 8 nitrogen and oxygen atoms in total. The van der Waals surface area contributed by atoms with E-state index in [1.807, 2.05) is 0 Å². The standard InChI is InChI=1S/C18H29N5O3S/c1-26-12-9-15-22-16-17(13-7-3-4-8-14(13)21-18(16)19)23(15)11-6-5-10-20-27(2,24)25/h20H,3-12H2,1-2H3,(H2,19,21). The number of aryl methyl sites for hydroxylation is 3. The lowest BCUT2D eigenvalue weighted by atomic mass is 9.95. The number of aromatic nitrogens is 3. The van der Waals surface area contributed by atoms with E-state index in [-0.39, 0.29) is 0 Å². The monoisotopic (exact) mass is 395 g/mol. The van der Waals surface area contributed by atoms with Gasteiger partial charge in [0.15, 0.2) is 5.82 Å². The van der Waals surface area contributed by atoms with Gasteiger partial charge >= 0.3 is 0 Å². The van der Waals surface area contributed by atoms with Gasteiger partial charge in [-0.3, -0.25) is 0 Å². The van der Waals surface area contributed by atoms with Crippen LogP contribution in [-0.2, 0) is 40.6 Å². The molecule has 0 amide bonds. The summed E-state index contributed by atoms with van der Waals surface area (Å²) in [6.07, 6.45) is 7.78. The van der Waals surface area contributed by atoms with Crippen molar-refractivity contribution in [3.05, 3.63) is 17.1 Å². The Kier molecular flexibility index (Phi) is 6.33. The molecule has 150 valence electrons. The molecule has 0 unspecified atom stereocenters. The number of hydrogen-bond acceptors (Lipinski definition) is 6. The van der Waals surface area contributed by atoms with Crippen LogP contribution in [0.25, 0.3) is 11.0 Å². The highest BCUT2D eigenvalue weighted by Crippen LogP contribution is 2.31. The highest BCUT2D eigenvalue weighted by Gasteiger charge is 2.22. The molecule has 9 heteroatoms. The number of nitrogens with two attached hydrogens (primary N) is 1. The fourth-order valence-corrected chi connectivity index (χ4v) is 4.24. The number of nitrogen functional groups attached to an aromatic ring is 1. The number of imidazole rings is 1. The largest absolute Gasteiger partial charge is 0.384 e. The third-order valence-electron chi connectivity index (χ3n) is 4.97. The molecule has 2 heterocycles. The average Bonchev–Trinajstić information content (AvgIpc) is 2.98. The number of anilines is 1. The lowest BCUT2D eigenvalue weighted by molar-refractivity contribution is 0.199. The summed E-state index contributed by atoms with van der Waals surface area (Å²) in [7, 11) is -1.46. The van der Waals surface area contributed by atoms with E-state index in [9.17, 15) is 8.42 Å². The number of rotatable bonds is 9. The predicted molar refractivity (Wildman–Crippen MR) is 106 cm³/mol. The zero-order valence-corrected chi connectivity index (χ0v) is 16.9. The van der Waals surface area contributed by atoms with E-state index in [0.29, 0.717) is 25.4 Å². The van der Waals surface area contributed by atoms with Crippen molar-refractivity contribution in [2.45, 2.75) is 51.5 Å². The number of unbranched alkanes of at least 4 members (excludes halogenated alkanes) is 1. The van der Waals surface area contributed by atoms with Crippen molar-refractivity contribution in [3.63, 3.8) is 0 Å². The van der Waals surface area contributed by atoms with Crippen LogP contribution in [0.4, 0.5) is 5.82 Å². The molecule has 0 saturated heterocycles. The Morgan fingerprint density at radius 1 is 1.22 bits per heavy atom. The van der Waals surface area contributed by atoms with Crippen LogP contribution in [0.15, 0.2) is 0 Å². The molecule has 2 aromatic heterocycles. The van der Waals surface area contributed by atoms with Crippen molar-refractivity contribution in [3.8, 4) is 0 Å². The van der Waals surface area contributed by atoms with Gasteiger partial charge < -0.3 is 15.0 Å². The van der Waals surface area contributed by atoms with Gasteiger partial charge in [0.1, 0.15) is 11.3 Å². The third kappa shape index (κ3) is 4.77. The third-order valence-corrected chi connectivity index (χ3v) is 5.70. The van der Waals surface area contributed by atoms with Gasteiger partial charge in [-0.15, -0.1) is 0 Å². The Bertz CT molecular complexity index is 908. The molecule has 0 aromatic carbocycles. The number of hydrogen-bond donors (Lipinski definition) is 2. The van der Waals surface area contributed by atoms with E-state index in [2.05, 4.69) is 14.3 Å². The van der Waals surface area contributed by atoms with Crippen LogP contribution in [0.1, 0.15) is 42.8 Å². The Hall–Kier alpha value is -1.71. The smallest absolute Gasteiger partial charge is 0.208 e. The van der Waals surface area contributed by atoms with Crippen molar-refractivity contribution in [1.82, 2.24) is 19.3 Å². The van der Waals surface area contributed by atoms with E-state index < -0.39 is 10.0 Å². The van der Waals surface area contributed by atoms with Crippen LogP contribution in [0.5, 0.6) is 0 Å². The molecule has 0 radical (unpaired) electrons. The number of nitrogens with one attached hydrogen (secondary N) is 1. The van der Waals surface area contributed by atoms with Crippen molar-refractivity contribution in [2.75, 3.05) is 32.3 Å². The average molecular weight is 396 g/mol. The summed E-state index contributed by atoms with van der Waals surface area (Å²) >= 11 is 0. The highest BCUT2D eigenvalue weighted by molar-refractivity contribution is 7.88. The molecule has 2 aromatic rings. The van der Waals surface area contributed by atoms with Crippen LogP contribution in [0, 0.1) is 0 Å². The molecule has 0 bridgehead atoms. The summed E-state index contributed by atoms with van der Waals surface area (Å²) in [5.74, 6) is 1.46. The molecule has 27 heavy (non-hydrogen) atoms. The lowest BCUT2D eigenvalue weighted by Gasteiger charge is -2.18. The van der Waals surface area contributed by atoms with E-state index in [4.69, 9.17) is 15.5 Å². The van der Waals surface area contributed by atoms with E-state index in [1.54, 1.807) is 7.11 Å². The fraction of sp³-hybridized carbons (Fsp3) is 0.667. The minimum Gasteiger partial charge on any atom is -0.384 e. The van der Waals surface area contributed by atoms with Crippen LogP contribution in [0.3, 0.4) is 0 Å². The Balaban J connectivity index is 1.89. The molecule has 0 atom stereocenters. The minimum atomic E-state index is -3.14. The summed E-state index contributed by atoms with van der Waals surface area (Å²) < 4.78 is 32.4. The first-order chi connectivity index (χ1) is 12.9. The molecule has 0 saturated carbocycles. The minimum absolute atomic E-state index is 0.445. The Morgan fingerprint density at radius 3 is 2.74 bits per heavy atom. The molecule has 3 N–H and O–H groups in total. The van der Waals surface area contributed by atoms with Crippen LogP contribution in [0.2, 0.25) is 0 Å². The molecule has 0 aliphatic heterocycles. The number of nitrogens with zero attached hydrogens (tertiary/aromatic N) is 3. The molecule has 3 rings (SSSR count). The van der Waals surface area contributed by atoms with E-state index in [0.717, 1.165) is 67.6 Å². The summed E-state index contributed by atoms with van der Waals surface area (Å²) in [6, 6.07) is 0. The van der Waals surface area contributed by atoms with Crippen molar-refractivity contribution >= 4 is 26.9 Å². The summed E-state index contributed by atoms with van der Waals surface area (Å²) in [5, 5.41) is 0. The number of ether oxygens (including phenoxy) is 1. The van der Waals surface area contributed by atoms with Gasteiger partial charge in [0.05, 0.1) is 18.4 Å². The van der Waals surface area contributed by atoms with E-state index >= 15 is 0 Å². The maximum atomic E-state index is 11.2. The molecule has 1 aliphatic carbocycles. The molecule has 0 fully saturated rings. The number of methoxy groups -OCH3 is 1. The molecular weight excluding hydrogens is 366 g/mol. The summed E-state index contributed by atoms with van der Waals surface area (Å²) in [5.41, 5.74) is 10.5. The van der Waals surface area contributed by atoms with Gasteiger partial charge in [0.25, 0.3) is 0 Å². The topological polar surface area (TPSA) is 112 Å². The van der Waals surface area contributed by atoms with Crippen LogP contribution >= 0.6 is 0 Å².